The van der Waals surface area contributed by atoms with Crippen LogP contribution in [0.25, 0.3) is 0 Å². The molecule has 0 bridgehead atoms. The number of aromatic hydroxyl groups is 1. The van der Waals surface area contributed by atoms with Crippen molar-refractivity contribution in [2.75, 3.05) is 13.2 Å². The minimum atomic E-state index is -0.574. The zero-order chi connectivity index (χ0) is 22.1. The number of phenolic OH excluding ortho intramolecular Hbond substituents is 1. The smallest absolute Gasteiger partial charge is 0.336 e. The highest BCUT2D eigenvalue weighted by Gasteiger charge is 2.43. The lowest BCUT2D eigenvalue weighted by atomic mass is 9.68. The molecule has 1 heterocycles. The molecule has 0 saturated carbocycles. The molecular formula is C24H31NO5. The maximum Gasteiger partial charge on any atom is 0.336 e. The third-order valence-electron chi connectivity index (χ3n) is 5.43. The summed E-state index contributed by atoms with van der Waals surface area (Å²) in [6, 6.07) is 6.73. The summed E-state index contributed by atoms with van der Waals surface area (Å²) in [7, 11) is 0. The van der Waals surface area contributed by atoms with Crippen LogP contribution in [0.1, 0.15) is 58.9 Å². The summed E-state index contributed by atoms with van der Waals surface area (Å²) in [5.74, 6) is -0.948. The van der Waals surface area contributed by atoms with E-state index in [-0.39, 0.29) is 29.7 Å². The van der Waals surface area contributed by atoms with E-state index in [1.54, 1.807) is 18.2 Å². The molecule has 0 saturated heterocycles. The molecule has 6 heteroatoms. The van der Waals surface area contributed by atoms with E-state index in [0.29, 0.717) is 41.9 Å². The number of dihydropyridines is 1. The standard InChI is InChI=1S/C24H31NO5/c1-14(2)29-9-10-30-23(28)20-15(3)25-18-12-24(4,5)13-19(27)22(18)21(20)16-7-6-8-17(26)11-16/h6-8,11,14,21,25-26H,9-10,12-13H2,1-5H3/t21-/m0/s1. The van der Waals surface area contributed by atoms with E-state index >= 15 is 0 Å². The largest absolute Gasteiger partial charge is 0.508 e. The Labute approximate surface area is 178 Å². The summed E-state index contributed by atoms with van der Waals surface area (Å²) in [6.45, 7) is 10.2. The van der Waals surface area contributed by atoms with Crippen molar-refractivity contribution in [1.82, 2.24) is 5.32 Å². The minimum Gasteiger partial charge on any atom is -0.508 e. The number of ether oxygens (including phenoxy) is 2. The lowest BCUT2D eigenvalue weighted by Crippen LogP contribution is -2.38. The van der Waals surface area contributed by atoms with Gasteiger partial charge in [0.15, 0.2) is 5.78 Å². The van der Waals surface area contributed by atoms with Gasteiger partial charge in [0.1, 0.15) is 12.4 Å². The Morgan fingerprint density at radius 2 is 2.00 bits per heavy atom. The molecule has 0 amide bonds. The lowest BCUT2D eigenvalue weighted by molar-refractivity contribution is -0.141. The molecule has 1 atom stereocenters. The molecule has 1 aliphatic carbocycles. The molecule has 0 radical (unpaired) electrons. The molecule has 1 aromatic carbocycles. The fraction of sp³-hybridized carbons (Fsp3) is 0.500. The van der Waals surface area contributed by atoms with Crippen molar-refractivity contribution in [1.29, 1.82) is 0 Å². The topological polar surface area (TPSA) is 84.9 Å². The third kappa shape index (κ3) is 4.75. The molecular weight excluding hydrogens is 382 g/mol. The first-order valence-corrected chi connectivity index (χ1v) is 10.4. The second-order valence-electron chi connectivity index (χ2n) is 9.08. The van der Waals surface area contributed by atoms with Gasteiger partial charge in [0.2, 0.25) is 0 Å². The molecule has 30 heavy (non-hydrogen) atoms. The van der Waals surface area contributed by atoms with E-state index < -0.39 is 11.9 Å². The van der Waals surface area contributed by atoms with Crippen molar-refractivity contribution in [2.24, 2.45) is 5.41 Å². The normalized spacial score (nSPS) is 20.9. The van der Waals surface area contributed by atoms with Gasteiger partial charge in [-0.25, -0.2) is 4.79 Å². The average molecular weight is 414 g/mol. The number of benzene rings is 1. The monoisotopic (exact) mass is 413 g/mol. The predicted octanol–water partition coefficient (Wildman–Crippen LogP) is 3.96. The van der Waals surface area contributed by atoms with Crippen LogP contribution in [0.4, 0.5) is 0 Å². The average Bonchev–Trinajstić information content (AvgIpc) is 2.62. The predicted molar refractivity (Wildman–Crippen MR) is 114 cm³/mol. The Morgan fingerprint density at radius 1 is 1.27 bits per heavy atom. The van der Waals surface area contributed by atoms with E-state index in [9.17, 15) is 14.7 Å². The first-order chi connectivity index (χ1) is 14.1. The molecule has 1 aromatic rings. The third-order valence-corrected chi connectivity index (χ3v) is 5.43. The van der Waals surface area contributed by atoms with Crippen molar-refractivity contribution in [3.63, 3.8) is 0 Å². The van der Waals surface area contributed by atoms with E-state index in [4.69, 9.17) is 9.47 Å². The van der Waals surface area contributed by atoms with Gasteiger partial charge in [-0.05, 0) is 50.3 Å². The number of hydrogen-bond acceptors (Lipinski definition) is 6. The van der Waals surface area contributed by atoms with Crippen molar-refractivity contribution in [3.05, 3.63) is 52.4 Å². The highest BCUT2D eigenvalue weighted by atomic mass is 16.6. The summed E-state index contributed by atoms with van der Waals surface area (Å²) in [4.78, 5) is 26.2. The summed E-state index contributed by atoms with van der Waals surface area (Å²) < 4.78 is 10.9. The maximum atomic E-state index is 13.2. The van der Waals surface area contributed by atoms with E-state index in [0.717, 1.165) is 5.70 Å². The number of rotatable bonds is 6. The van der Waals surface area contributed by atoms with Crippen molar-refractivity contribution < 1.29 is 24.2 Å². The molecule has 1 aliphatic heterocycles. The molecule has 0 aromatic heterocycles. The number of ketones is 1. The van der Waals surface area contributed by atoms with Crippen molar-refractivity contribution in [2.45, 2.75) is 59.5 Å². The highest BCUT2D eigenvalue weighted by molar-refractivity contribution is 6.04. The fourth-order valence-corrected chi connectivity index (χ4v) is 4.24. The molecule has 0 fully saturated rings. The van der Waals surface area contributed by atoms with Gasteiger partial charge in [0.05, 0.1) is 18.3 Å². The van der Waals surface area contributed by atoms with E-state index in [2.05, 4.69) is 19.2 Å². The Hall–Kier alpha value is -2.60. The SMILES string of the molecule is CC1=C(C(=O)OCCOC(C)C)[C@H](c2cccc(O)c2)C2=C(CC(C)(C)CC2=O)N1. The first kappa shape index (κ1) is 22.1. The van der Waals surface area contributed by atoms with Crippen LogP contribution in [0, 0.1) is 5.41 Å². The van der Waals surface area contributed by atoms with Gasteiger partial charge < -0.3 is 19.9 Å². The lowest BCUT2D eigenvalue weighted by Gasteiger charge is -2.39. The van der Waals surface area contributed by atoms with Gasteiger partial charge in [-0.1, -0.05) is 26.0 Å². The van der Waals surface area contributed by atoms with Crippen molar-refractivity contribution >= 4 is 11.8 Å². The summed E-state index contributed by atoms with van der Waals surface area (Å²) in [6.07, 6.45) is 1.18. The Morgan fingerprint density at radius 3 is 2.67 bits per heavy atom. The van der Waals surface area contributed by atoms with E-state index in [1.807, 2.05) is 26.8 Å². The van der Waals surface area contributed by atoms with Crippen LogP contribution in [0.3, 0.4) is 0 Å². The van der Waals surface area contributed by atoms with Gasteiger partial charge in [-0.15, -0.1) is 0 Å². The Balaban J connectivity index is 1.99. The quantitative estimate of drug-likeness (QED) is 0.542. The van der Waals surface area contributed by atoms with Gasteiger partial charge in [-0.2, -0.15) is 0 Å². The second kappa shape index (κ2) is 8.64. The van der Waals surface area contributed by atoms with Crippen LogP contribution >= 0.6 is 0 Å². The molecule has 3 rings (SSSR count). The Kier molecular flexibility index (Phi) is 6.36. The molecule has 162 valence electrons. The van der Waals surface area contributed by atoms with Crippen LogP contribution in [0.5, 0.6) is 5.75 Å². The van der Waals surface area contributed by atoms with Crippen LogP contribution in [0.15, 0.2) is 46.8 Å². The molecule has 2 N–H and O–H groups in total. The number of esters is 1. The number of Topliss-reactive ketones (excluding diaryl/α,β-unsaturated/α-hetero) is 1. The van der Waals surface area contributed by atoms with Crippen LogP contribution < -0.4 is 5.32 Å². The van der Waals surface area contributed by atoms with Gasteiger partial charge in [-0.3, -0.25) is 4.79 Å². The number of hydrogen-bond donors (Lipinski definition) is 2. The summed E-state index contributed by atoms with van der Waals surface area (Å²) in [5, 5.41) is 13.3. The summed E-state index contributed by atoms with van der Waals surface area (Å²) in [5.41, 5.74) is 3.05. The van der Waals surface area contributed by atoms with Gasteiger partial charge in [0, 0.05) is 29.3 Å². The minimum absolute atomic E-state index is 0.0167. The Bertz CT molecular complexity index is 910. The second-order valence-corrected chi connectivity index (χ2v) is 9.08. The van der Waals surface area contributed by atoms with Gasteiger partial charge in [0.25, 0.3) is 0 Å². The van der Waals surface area contributed by atoms with E-state index in [1.165, 1.54) is 0 Å². The first-order valence-electron chi connectivity index (χ1n) is 10.4. The van der Waals surface area contributed by atoms with Gasteiger partial charge >= 0.3 is 5.97 Å². The number of allylic oxidation sites excluding steroid dienone is 3. The number of carbonyl (C=O) groups is 2. The zero-order valence-corrected chi connectivity index (χ0v) is 18.4. The molecule has 2 aliphatic rings. The zero-order valence-electron chi connectivity index (χ0n) is 18.4. The maximum absolute atomic E-state index is 13.2. The van der Waals surface area contributed by atoms with Crippen LogP contribution in [-0.2, 0) is 19.1 Å². The number of carbonyl (C=O) groups excluding carboxylic acids is 2. The number of nitrogens with one attached hydrogen (secondary N) is 1. The van der Waals surface area contributed by atoms with Crippen LogP contribution in [0.2, 0.25) is 0 Å². The molecule has 6 nitrogen and oxygen atoms in total. The number of phenols is 1. The summed E-state index contributed by atoms with van der Waals surface area (Å²) >= 11 is 0. The molecule has 0 spiro atoms. The fourth-order valence-electron chi connectivity index (χ4n) is 4.24. The van der Waals surface area contributed by atoms with Crippen LogP contribution in [-0.4, -0.2) is 36.2 Å². The molecule has 0 unspecified atom stereocenters. The van der Waals surface area contributed by atoms with Crippen molar-refractivity contribution in [3.8, 4) is 5.75 Å². The highest BCUT2D eigenvalue weighted by Crippen LogP contribution is 2.47.